The normalized spacial score (nSPS) is 17.2. The fourth-order valence-electron chi connectivity index (χ4n) is 3.52. The minimum Gasteiger partial charge on any atom is -0.356 e. The Labute approximate surface area is 190 Å². The van der Waals surface area contributed by atoms with Crippen LogP contribution in [-0.4, -0.2) is 62.8 Å². The lowest BCUT2D eigenvalue weighted by Crippen LogP contribution is -2.45. The van der Waals surface area contributed by atoms with Crippen LogP contribution in [0.2, 0.25) is 0 Å². The highest BCUT2D eigenvalue weighted by Gasteiger charge is 2.22. The number of likely N-dealkylation sites (N-methyl/N-ethyl adjacent to an activating group) is 1. The molecule has 9 heteroatoms. The first-order chi connectivity index (χ1) is 13.7. The number of nitrogens with zero attached hydrogens (tertiary/aromatic N) is 6. The number of halogens is 1. The number of aromatic nitrogens is 4. The topological polar surface area (TPSA) is 83.3 Å². The first-order valence-electron chi connectivity index (χ1n) is 10.2. The number of pyridine rings is 1. The highest BCUT2D eigenvalue weighted by Crippen LogP contribution is 2.15. The van der Waals surface area contributed by atoms with Crippen molar-refractivity contribution >= 4 is 29.9 Å². The fourth-order valence-corrected chi connectivity index (χ4v) is 3.52. The zero-order chi connectivity index (χ0) is 19.8. The number of likely N-dealkylation sites (tertiary alicyclic amines) is 1. The molecule has 1 aliphatic rings. The molecule has 1 aliphatic heterocycles. The molecule has 29 heavy (non-hydrogen) atoms. The van der Waals surface area contributed by atoms with E-state index < -0.39 is 0 Å². The summed E-state index contributed by atoms with van der Waals surface area (Å²) in [5.41, 5.74) is 1.08. The van der Waals surface area contributed by atoms with Gasteiger partial charge in [-0.3, -0.25) is 9.88 Å². The smallest absolute Gasteiger partial charge is 0.191 e. The maximum atomic E-state index is 4.74. The van der Waals surface area contributed by atoms with Crippen molar-refractivity contribution in [2.75, 3.05) is 26.2 Å². The van der Waals surface area contributed by atoms with Gasteiger partial charge < -0.3 is 15.2 Å². The average molecular weight is 512 g/mol. The van der Waals surface area contributed by atoms with Crippen molar-refractivity contribution in [3.8, 4) is 0 Å². The Morgan fingerprint density at radius 2 is 2.14 bits per heavy atom. The third kappa shape index (κ3) is 6.91. The Morgan fingerprint density at radius 3 is 2.83 bits per heavy atom. The second-order valence-corrected chi connectivity index (χ2v) is 7.19. The van der Waals surface area contributed by atoms with Crippen LogP contribution in [0, 0.1) is 6.92 Å². The monoisotopic (exact) mass is 512 g/mol. The van der Waals surface area contributed by atoms with Gasteiger partial charge in [0.15, 0.2) is 11.8 Å². The van der Waals surface area contributed by atoms with Gasteiger partial charge in [-0.15, -0.1) is 34.2 Å². The molecule has 0 amide bonds. The largest absolute Gasteiger partial charge is 0.356 e. The second kappa shape index (κ2) is 12.1. The van der Waals surface area contributed by atoms with Gasteiger partial charge >= 0.3 is 0 Å². The molecule has 0 bridgehead atoms. The number of guanidine groups is 1. The van der Waals surface area contributed by atoms with Crippen LogP contribution < -0.4 is 10.6 Å². The van der Waals surface area contributed by atoms with Crippen molar-refractivity contribution in [1.82, 2.24) is 35.3 Å². The van der Waals surface area contributed by atoms with Gasteiger partial charge in [0.2, 0.25) is 0 Å². The molecule has 160 valence electrons. The third-order valence-electron chi connectivity index (χ3n) is 5.37. The van der Waals surface area contributed by atoms with E-state index in [-0.39, 0.29) is 24.0 Å². The lowest BCUT2D eigenvalue weighted by molar-refractivity contribution is 0.267. The van der Waals surface area contributed by atoms with E-state index in [1.54, 1.807) is 0 Å². The summed E-state index contributed by atoms with van der Waals surface area (Å²) < 4.78 is 1.98. The molecule has 0 radical (unpaired) electrons. The van der Waals surface area contributed by atoms with E-state index >= 15 is 0 Å². The summed E-state index contributed by atoms with van der Waals surface area (Å²) in [5, 5.41) is 15.3. The Kier molecular flexibility index (Phi) is 9.79. The predicted octanol–water partition coefficient (Wildman–Crippen LogP) is 1.90. The number of aliphatic imine (C=N–C) groups is 1. The van der Waals surface area contributed by atoms with Crippen LogP contribution in [0.25, 0.3) is 0 Å². The fraction of sp³-hybridized carbons (Fsp3) is 0.600. The molecule has 0 aliphatic carbocycles. The summed E-state index contributed by atoms with van der Waals surface area (Å²) in [6.07, 6.45) is 5.20. The molecule has 0 aromatic carbocycles. The summed E-state index contributed by atoms with van der Waals surface area (Å²) in [6, 6.07) is 6.58. The maximum Gasteiger partial charge on any atom is 0.191 e. The average Bonchev–Trinajstić information content (AvgIpc) is 3.31. The Hall–Kier alpha value is -1.75. The summed E-state index contributed by atoms with van der Waals surface area (Å²) >= 11 is 0. The number of nitrogens with one attached hydrogen (secondary N) is 2. The van der Waals surface area contributed by atoms with Gasteiger partial charge in [-0.25, -0.2) is 4.99 Å². The predicted molar refractivity (Wildman–Crippen MR) is 127 cm³/mol. The van der Waals surface area contributed by atoms with Gasteiger partial charge in [0.25, 0.3) is 0 Å². The molecular formula is C20H33IN8. The summed E-state index contributed by atoms with van der Waals surface area (Å²) in [5.74, 6) is 2.58. The van der Waals surface area contributed by atoms with Crippen molar-refractivity contribution in [2.45, 2.75) is 45.7 Å². The minimum absolute atomic E-state index is 0. The standard InChI is InChI=1S/C20H32N8.HI/c1-4-28-13-7-9-18(28)14-23-20(22-12-10-17-8-5-6-11-21-17)24-15-19-26-25-16(2)27(19)3;/h5-6,8,11,18H,4,7,9-10,12-15H2,1-3H3,(H2,22,23,24);1H. The zero-order valence-electron chi connectivity index (χ0n) is 17.6. The van der Waals surface area contributed by atoms with E-state index in [4.69, 9.17) is 4.99 Å². The molecule has 2 aromatic rings. The maximum absolute atomic E-state index is 4.74. The highest BCUT2D eigenvalue weighted by atomic mass is 127. The molecule has 0 spiro atoms. The molecule has 3 rings (SSSR count). The molecule has 2 N–H and O–H groups in total. The van der Waals surface area contributed by atoms with E-state index in [0.29, 0.717) is 12.6 Å². The Balaban J connectivity index is 0.00000300. The molecule has 1 unspecified atom stereocenters. The first-order valence-corrected chi connectivity index (χ1v) is 10.2. The van der Waals surface area contributed by atoms with Gasteiger partial charge in [-0.2, -0.15) is 0 Å². The van der Waals surface area contributed by atoms with E-state index in [1.165, 1.54) is 19.4 Å². The number of aryl methyl sites for hydroxylation is 1. The molecule has 8 nitrogen and oxygen atoms in total. The van der Waals surface area contributed by atoms with Crippen LogP contribution in [0.4, 0.5) is 0 Å². The van der Waals surface area contributed by atoms with E-state index in [0.717, 1.165) is 49.4 Å². The number of rotatable bonds is 8. The molecule has 3 heterocycles. The van der Waals surface area contributed by atoms with Crippen molar-refractivity contribution in [3.05, 3.63) is 41.7 Å². The molecular weight excluding hydrogens is 479 g/mol. The van der Waals surface area contributed by atoms with Crippen molar-refractivity contribution in [2.24, 2.45) is 12.0 Å². The molecule has 1 saturated heterocycles. The van der Waals surface area contributed by atoms with Crippen molar-refractivity contribution < 1.29 is 0 Å². The van der Waals surface area contributed by atoms with Crippen LogP contribution in [0.5, 0.6) is 0 Å². The van der Waals surface area contributed by atoms with Crippen LogP contribution in [0.1, 0.15) is 37.1 Å². The number of hydrogen-bond acceptors (Lipinski definition) is 5. The SMILES string of the molecule is CCN1CCCC1CNC(=NCc1nnc(C)n1C)NCCc1ccccn1.I. The summed E-state index contributed by atoms with van der Waals surface area (Å²) in [4.78, 5) is 11.7. The van der Waals surface area contributed by atoms with Gasteiger partial charge in [-0.1, -0.05) is 13.0 Å². The quantitative estimate of drug-likeness (QED) is 0.320. The lowest BCUT2D eigenvalue weighted by Gasteiger charge is -2.24. The van der Waals surface area contributed by atoms with Gasteiger partial charge in [-0.05, 0) is 45.0 Å². The van der Waals surface area contributed by atoms with Gasteiger partial charge in [0.05, 0.1) is 0 Å². The van der Waals surface area contributed by atoms with Gasteiger partial charge in [0, 0.05) is 44.5 Å². The minimum atomic E-state index is 0. The Morgan fingerprint density at radius 1 is 1.28 bits per heavy atom. The summed E-state index contributed by atoms with van der Waals surface area (Å²) in [7, 11) is 1.97. The highest BCUT2D eigenvalue weighted by molar-refractivity contribution is 14.0. The van der Waals surface area contributed by atoms with Crippen molar-refractivity contribution in [1.29, 1.82) is 0 Å². The van der Waals surface area contributed by atoms with Crippen LogP contribution in [0.15, 0.2) is 29.4 Å². The third-order valence-corrected chi connectivity index (χ3v) is 5.37. The first kappa shape index (κ1) is 23.5. The summed E-state index contributed by atoms with van der Waals surface area (Å²) in [6.45, 7) is 8.66. The molecule has 0 saturated carbocycles. The van der Waals surface area contributed by atoms with E-state index in [2.05, 4.69) is 37.6 Å². The van der Waals surface area contributed by atoms with Crippen LogP contribution in [-0.2, 0) is 20.0 Å². The van der Waals surface area contributed by atoms with Crippen molar-refractivity contribution in [3.63, 3.8) is 0 Å². The van der Waals surface area contributed by atoms with Crippen LogP contribution in [0.3, 0.4) is 0 Å². The zero-order valence-corrected chi connectivity index (χ0v) is 20.0. The lowest BCUT2D eigenvalue weighted by atomic mass is 10.2. The van der Waals surface area contributed by atoms with E-state index in [9.17, 15) is 0 Å². The van der Waals surface area contributed by atoms with E-state index in [1.807, 2.05) is 42.9 Å². The molecule has 1 atom stereocenters. The second-order valence-electron chi connectivity index (χ2n) is 7.19. The van der Waals surface area contributed by atoms with Crippen LogP contribution >= 0.6 is 24.0 Å². The Bertz CT molecular complexity index is 761. The van der Waals surface area contributed by atoms with Gasteiger partial charge in [0.1, 0.15) is 12.4 Å². The molecule has 2 aromatic heterocycles. The number of hydrogen-bond donors (Lipinski definition) is 2. The molecule has 1 fully saturated rings.